The predicted molar refractivity (Wildman–Crippen MR) is 57.3 cm³/mol. The predicted octanol–water partition coefficient (Wildman–Crippen LogP) is 2.90. The van der Waals surface area contributed by atoms with Crippen molar-refractivity contribution < 1.29 is 4.21 Å². The molecule has 0 aliphatic carbocycles. The average molecular weight is 196 g/mol. The van der Waals surface area contributed by atoms with Crippen molar-refractivity contribution in [2.75, 3.05) is 0 Å². The fraction of sp³-hybridized carbons (Fsp3) is 0.455. The fourth-order valence-corrected chi connectivity index (χ4v) is 2.23. The van der Waals surface area contributed by atoms with Gasteiger partial charge in [-0.2, -0.15) is 0 Å². The van der Waals surface area contributed by atoms with E-state index < -0.39 is 10.8 Å². The van der Waals surface area contributed by atoms with E-state index in [9.17, 15) is 4.21 Å². The van der Waals surface area contributed by atoms with Crippen molar-refractivity contribution in [2.45, 2.75) is 37.3 Å². The van der Waals surface area contributed by atoms with Gasteiger partial charge in [0, 0.05) is 10.1 Å². The summed E-state index contributed by atoms with van der Waals surface area (Å²) >= 11 is 0. The van der Waals surface area contributed by atoms with E-state index in [1.54, 1.807) is 0 Å². The number of hydrogen-bond donors (Lipinski definition) is 0. The Morgan fingerprint density at radius 3 is 2.31 bits per heavy atom. The SMILES string of the molecule is CC[C@H](C)S(=O)c1ccc(C)cc1. The molecule has 0 saturated carbocycles. The van der Waals surface area contributed by atoms with Crippen LogP contribution in [0.15, 0.2) is 29.2 Å². The molecule has 0 amide bonds. The molecule has 1 nitrogen and oxygen atoms in total. The molecule has 0 aromatic heterocycles. The van der Waals surface area contributed by atoms with Gasteiger partial charge in [0.2, 0.25) is 0 Å². The fourth-order valence-electron chi connectivity index (χ4n) is 1.06. The molecular formula is C11H16OS. The Labute approximate surface area is 82.6 Å². The van der Waals surface area contributed by atoms with Crippen molar-refractivity contribution in [3.8, 4) is 0 Å². The summed E-state index contributed by atoms with van der Waals surface area (Å²) in [6.07, 6.45) is 0.959. The maximum atomic E-state index is 11.8. The Bertz CT molecular complexity index is 289. The van der Waals surface area contributed by atoms with Gasteiger partial charge in [0.25, 0.3) is 0 Å². The van der Waals surface area contributed by atoms with Crippen LogP contribution >= 0.6 is 0 Å². The zero-order valence-electron chi connectivity index (χ0n) is 8.41. The van der Waals surface area contributed by atoms with Gasteiger partial charge in [0.1, 0.15) is 0 Å². The van der Waals surface area contributed by atoms with Crippen LogP contribution in [0, 0.1) is 6.92 Å². The van der Waals surface area contributed by atoms with Gasteiger partial charge in [-0.25, -0.2) is 0 Å². The summed E-state index contributed by atoms with van der Waals surface area (Å²) in [5.74, 6) is 0. The van der Waals surface area contributed by atoms with Crippen LogP contribution in [-0.4, -0.2) is 9.46 Å². The van der Waals surface area contributed by atoms with Gasteiger partial charge in [0.05, 0.1) is 10.8 Å². The second-order valence-corrected chi connectivity index (χ2v) is 5.20. The van der Waals surface area contributed by atoms with Crippen LogP contribution < -0.4 is 0 Å². The first kappa shape index (κ1) is 10.5. The first-order chi connectivity index (χ1) is 6.15. The highest BCUT2D eigenvalue weighted by atomic mass is 32.2. The van der Waals surface area contributed by atoms with Gasteiger partial charge in [-0.15, -0.1) is 0 Å². The van der Waals surface area contributed by atoms with Crippen molar-refractivity contribution >= 4 is 10.8 Å². The summed E-state index contributed by atoms with van der Waals surface area (Å²) in [4.78, 5) is 0.944. The van der Waals surface area contributed by atoms with Crippen LogP contribution in [-0.2, 0) is 10.8 Å². The standard InChI is InChI=1S/C11H16OS/c1-4-10(3)13(12)11-7-5-9(2)6-8-11/h5-8,10H,4H2,1-3H3/t10-,13?/m0/s1. The first-order valence-electron chi connectivity index (χ1n) is 4.62. The molecule has 0 bridgehead atoms. The summed E-state index contributed by atoms with van der Waals surface area (Å²) in [7, 11) is -0.836. The minimum Gasteiger partial charge on any atom is -0.254 e. The summed E-state index contributed by atoms with van der Waals surface area (Å²) in [6.45, 7) is 6.13. The van der Waals surface area contributed by atoms with E-state index in [2.05, 4.69) is 6.92 Å². The molecule has 0 heterocycles. The highest BCUT2D eigenvalue weighted by Gasteiger charge is 2.10. The Balaban J connectivity index is 2.83. The topological polar surface area (TPSA) is 17.1 Å². The van der Waals surface area contributed by atoms with E-state index >= 15 is 0 Å². The maximum absolute atomic E-state index is 11.8. The van der Waals surface area contributed by atoms with Crippen LogP contribution in [0.25, 0.3) is 0 Å². The summed E-state index contributed by atoms with van der Waals surface area (Å²) in [5, 5.41) is 0.253. The molecule has 1 aromatic carbocycles. The number of rotatable bonds is 3. The molecule has 72 valence electrons. The lowest BCUT2D eigenvalue weighted by molar-refractivity contribution is 0.670. The molecule has 2 heteroatoms. The smallest absolute Gasteiger partial charge is 0.0557 e. The minimum atomic E-state index is -0.836. The molecule has 2 atom stereocenters. The van der Waals surface area contributed by atoms with Gasteiger partial charge in [0.15, 0.2) is 0 Å². The van der Waals surface area contributed by atoms with Crippen LogP contribution in [0.3, 0.4) is 0 Å². The van der Waals surface area contributed by atoms with E-state index in [1.165, 1.54) is 5.56 Å². The highest BCUT2D eigenvalue weighted by Crippen LogP contribution is 2.13. The normalized spacial score (nSPS) is 15.3. The number of hydrogen-bond acceptors (Lipinski definition) is 1. The lowest BCUT2D eigenvalue weighted by atomic mass is 10.2. The maximum Gasteiger partial charge on any atom is 0.0557 e. The van der Waals surface area contributed by atoms with Gasteiger partial charge in [-0.05, 0) is 25.5 Å². The monoisotopic (exact) mass is 196 g/mol. The molecule has 1 rings (SSSR count). The minimum absolute atomic E-state index is 0.253. The van der Waals surface area contributed by atoms with Crippen LogP contribution in [0.1, 0.15) is 25.8 Å². The number of aryl methyl sites for hydroxylation is 1. The van der Waals surface area contributed by atoms with E-state index in [0.29, 0.717) is 0 Å². The molecule has 13 heavy (non-hydrogen) atoms. The number of benzene rings is 1. The van der Waals surface area contributed by atoms with E-state index in [1.807, 2.05) is 38.1 Å². The molecule has 0 fully saturated rings. The van der Waals surface area contributed by atoms with E-state index in [-0.39, 0.29) is 5.25 Å². The van der Waals surface area contributed by atoms with Crippen molar-refractivity contribution in [1.29, 1.82) is 0 Å². The average Bonchev–Trinajstić information content (AvgIpc) is 2.17. The zero-order chi connectivity index (χ0) is 9.84. The molecule has 0 N–H and O–H groups in total. The first-order valence-corrected chi connectivity index (χ1v) is 5.83. The third kappa shape index (κ3) is 2.66. The molecule has 0 saturated heterocycles. The zero-order valence-corrected chi connectivity index (χ0v) is 9.23. The molecule has 0 aliphatic heterocycles. The third-order valence-corrected chi connectivity index (χ3v) is 3.99. The third-order valence-electron chi connectivity index (χ3n) is 2.19. The molecule has 0 aliphatic rings. The largest absolute Gasteiger partial charge is 0.254 e. The molecule has 0 radical (unpaired) electrons. The lowest BCUT2D eigenvalue weighted by Gasteiger charge is -2.08. The van der Waals surface area contributed by atoms with Gasteiger partial charge in [-0.3, -0.25) is 4.21 Å². The molecular weight excluding hydrogens is 180 g/mol. The van der Waals surface area contributed by atoms with Crippen molar-refractivity contribution in [2.24, 2.45) is 0 Å². The summed E-state index contributed by atoms with van der Waals surface area (Å²) in [6, 6.07) is 7.93. The van der Waals surface area contributed by atoms with Crippen LogP contribution in [0.5, 0.6) is 0 Å². The van der Waals surface area contributed by atoms with Crippen LogP contribution in [0.4, 0.5) is 0 Å². The highest BCUT2D eigenvalue weighted by molar-refractivity contribution is 7.85. The molecule has 1 unspecified atom stereocenters. The second-order valence-electron chi connectivity index (χ2n) is 3.33. The summed E-state index contributed by atoms with van der Waals surface area (Å²) < 4.78 is 11.8. The van der Waals surface area contributed by atoms with Gasteiger partial charge >= 0.3 is 0 Å². The van der Waals surface area contributed by atoms with Crippen molar-refractivity contribution in [3.05, 3.63) is 29.8 Å². The van der Waals surface area contributed by atoms with Gasteiger partial charge in [-0.1, -0.05) is 31.5 Å². The quantitative estimate of drug-likeness (QED) is 0.726. The Morgan fingerprint density at radius 1 is 1.31 bits per heavy atom. The molecule has 0 spiro atoms. The Morgan fingerprint density at radius 2 is 1.85 bits per heavy atom. The second kappa shape index (κ2) is 4.56. The Kier molecular flexibility index (Phi) is 3.67. The van der Waals surface area contributed by atoms with Crippen molar-refractivity contribution in [3.63, 3.8) is 0 Å². The lowest BCUT2D eigenvalue weighted by Crippen LogP contribution is -2.09. The Hall–Kier alpha value is -0.630. The van der Waals surface area contributed by atoms with E-state index in [0.717, 1.165) is 11.3 Å². The van der Waals surface area contributed by atoms with Crippen LogP contribution in [0.2, 0.25) is 0 Å². The van der Waals surface area contributed by atoms with Gasteiger partial charge < -0.3 is 0 Å². The summed E-state index contributed by atoms with van der Waals surface area (Å²) in [5.41, 5.74) is 1.21. The molecule has 1 aromatic rings. The van der Waals surface area contributed by atoms with E-state index in [4.69, 9.17) is 0 Å². The van der Waals surface area contributed by atoms with Crippen molar-refractivity contribution in [1.82, 2.24) is 0 Å².